The van der Waals surface area contributed by atoms with Gasteiger partial charge in [0, 0.05) is 24.1 Å². The van der Waals surface area contributed by atoms with Gasteiger partial charge in [0.1, 0.15) is 0 Å². The normalized spacial score (nSPS) is 24.0. The fraction of sp³-hybridized carbons (Fsp3) is 0.833. The van der Waals surface area contributed by atoms with Crippen molar-refractivity contribution in [2.75, 3.05) is 13.1 Å². The summed E-state index contributed by atoms with van der Waals surface area (Å²) in [7, 11) is 0. The minimum Gasteiger partial charge on any atom is -0.368 e. The lowest BCUT2D eigenvalue weighted by atomic mass is 10.1. The molecule has 0 aromatic heterocycles. The standard InChI is InChI=1S/C8H11F2N.C4H10O2/c9-8(10)6-4-7-2-1-3-11(7)5-6;1-3(2)4(5)6/h7H,1-5H2;3-6H,1-2H3. The Morgan fingerprint density at radius 2 is 1.94 bits per heavy atom. The summed E-state index contributed by atoms with van der Waals surface area (Å²) in [4.78, 5) is 2.16. The number of aliphatic hydroxyl groups excluding tert-OH is 1. The third kappa shape index (κ3) is 4.33. The third-order valence-electron chi connectivity index (χ3n) is 3.24. The predicted molar refractivity (Wildman–Crippen MR) is 61.5 cm³/mol. The zero-order chi connectivity index (χ0) is 13.0. The lowest BCUT2D eigenvalue weighted by Gasteiger charge is -2.11. The number of aliphatic hydroxyl groups is 2. The first kappa shape index (κ1) is 14.5. The Hall–Kier alpha value is -0.520. The minimum absolute atomic E-state index is 0.0370. The van der Waals surface area contributed by atoms with Crippen LogP contribution >= 0.6 is 0 Å². The van der Waals surface area contributed by atoms with Crippen molar-refractivity contribution in [3.8, 4) is 0 Å². The van der Waals surface area contributed by atoms with Gasteiger partial charge in [0.25, 0.3) is 6.08 Å². The Balaban J connectivity index is 0.000000209. The zero-order valence-corrected chi connectivity index (χ0v) is 10.4. The zero-order valence-electron chi connectivity index (χ0n) is 10.4. The van der Waals surface area contributed by atoms with Crippen LogP contribution in [-0.2, 0) is 0 Å². The van der Waals surface area contributed by atoms with Crippen LogP contribution < -0.4 is 0 Å². The van der Waals surface area contributed by atoms with Crippen LogP contribution in [0.15, 0.2) is 11.7 Å². The highest BCUT2D eigenvalue weighted by Gasteiger charge is 2.33. The van der Waals surface area contributed by atoms with E-state index in [1.165, 1.54) is 6.42 Å². The fourth-order valence-electron chi connectivity index (χ4n) is 2.07. The van der Waals surface area contributed by atoms with Gasteiger partial charge >= 0.3 is 0 Å². The van der Waals surface area contributed by atoms with Gasteiger partial charge in [0.05, 0.1) is 0 Å². The van der Waals surface area contributed by atoms with Crippen molar-refractivity contribution in [3.05, 3.63) is 11.7 Å². The summed E-state index contributed by atoms with van der Waals surface area (Å²) in [5, 5.41) is 16.4. The van der Waals surface area contributed by atoms with Crippen molar-refractivity contribution >= 4 is 0 Å². The number of rotatable bonds is 1. The van der Waals surface area contributed by atoms with Crippen molar-refractivity contribution in [3.63, 3.8) is 0 Å². The Morgan fingerprint density at radius 1 is 1.35 bits per heavy atom. The molecule has 0 aromatic carbocycles. The summed E-state index contributed by atoms with van der Waals surface area (Å²) >= 11 is 0. The van der Waals surface area contributed by atoms with E-state index < -0.39 is 12.4 Å². The lowest BCUT2D eigenvalue weighted by molar-refractivity contribution is -0.0731. The molecule has 2 aliphatic rings. The van der Waals surface area contributed by atoms with Gasteiger partial charge in [-0.3, -0.25) is 4.90 Å². The van der Waals surface area contributed by atoms with Crippen LogP contribution in [0.2, 0.25) is 0 Å². The summed E-state index contributed by atoms with van der Waals surface area (Å²) in [6.07, 6.45) is 0.315. The molecule has 2 fully saturated rings. The monoisotopic (exact) mass is 249 g/mol. The van der Waals surface area contributed by atoms with Gasteiger partial charge in [-0.05, 0) is 25.8 Å². The molecule has 0 saturated carbocycles. The first-order valence-electron chi connectivity index (χ1n) is 6.05. The van der Waals surface area contributed by atoms with E-state index in [0.717, 1.165) is 13.0 Å². The van der Waals surface area contributed by atoms with Crippen molar-refractivity contribution in [1.29, 1.82) is 0 Å². The number of hydrogen-bond donors (Lipinski definition) is 2. The first-order chi connectivity index (χ1) is 7.91. The number of nitrogens with zero attached hydrogens (tertiary/aromatic N) is 1. The van der Waals surface area contributed by atoms with E-state index in [1.807, 2.05) is 0 Å². The van der Waals surface area contributed by atoms with Crippen molar-refractivity contribution in [1.82, 2.24) is 4.90 Å². The Kier molecular flexibility index (Phi) is 5.49. The predicted octanol–water partition coefficient (Wildman–Crippen LogP) is 1.96. The van der Waals surface area contributed by atoms with Crippen LogP contribution in [0.3, 0.4) is 0 Å². The fourth-order valence-corrected chi connectivity index (χ4v) is 2.07. The summed E-state index contributed by atoms with van der Waals surface area (Å²) in [5.74, 6) is -0.0370. The van der Waals surface area contributed by atoms with E-state index >= 15 is 0 Å². The molecular formula is C12H21F2NO2. The second-order valence-electron chi connectivity index (χ2n) is 4.99. The van der Waals surface area contributed by atoms with E-state index in [2.05, 4.69) is 4.90 Å². The lowest BCUT2D eigenvalue weighted by Crippen LogP contribution is -2.21. The van der Waals surface area contributed by atoms with Gasteiger partial charge in [0.2, 0.25) is 0 Å². The average molecular weight is 249 g/mol. The van der Waals surface area contributed by atoms with Gasteiger partial charge in [-0.1, -0.05) is 13.8 Å². The SMILES string of the molecule is CC(C)C(O)O.FC(F)=C1CC2CCCN2C1. The highest BCUT2D eigenvalue weighted by molar-refractivity contribution is 5.14. The summed E-state index contributed by atoms with van der Waals surface area (Å²) in [6, 6.07) is 0.437. The molecule has 0 radical (unpaired) electrons. The molecule has 2 aliphatic heterocycles. The number of hydrogen-bond acceptors (Lipinski definition) is 3. The second-order valence-corrected chi connectivity index (χ2v) is 4.99. The maximum atomic E-state index is 12.1. The van der Waals surface area contributed by atoms with Crippen LogP contribution in [-0.4, -0.2) is 40.5 Å². The number of fused-ring (bicyclic) bond motifs is 1. The van der Waals surface area contributed by atoms with E-state index in [4.69, 9.17) is 10.2 Å². The average Bonchev–Trinajstić information content (AvgIpc) is 2.76. The maximum absolute atomic E-state index is 12.1. The van der Waals surface area contributed by atoms with Gasteiger partial charge in [-0.2, -0.15) is 8.78 Å². The largest absolute Gasteiger partial charge is 0.368 e. The van der Waals surface area contributed by atoms with Crippen LogP contribution in [0.5, 0.6) is 0 Å². The van der Waals surface area contributed by atoms with E-state index in [1.54, 1.807) is 13.8 Å². The molecule has 0 spiro atoms. The molecule has 1 unspecified atom stereocenters. The third-order valence-corrected chi connectivity index (χ3v) is 3.24. The smallest absolute Gasteiger partial charge is 0.270 e. The molecule has 3 nitrogen and oxygen atoms in total. The Bertz CT molecular complexity index is 256. The molecule has 5 heteroatoms. The highest BCUT2D eigenvalue weighted by Crippen LogP contribution is 2.32. The molecular weight excluding hydrogens is 228 g/mol. The molecule has 2 saturated heterocycles. The van der Waals surface area contributed by atoms with Crippen LogP contribution in [0.25, 0.3) is 0 Å². The van der Waals surface area contributed by atoms with Crippen molar-refractivity contribution in [2.24, 2.45) is 5.92 Å². The molecule has 0 bridgehead atoms. The number of halogens is 2. The van der Waals surface area contributed by atoms with E-state index in [9.17, 15) is 8.78 Å². The molecule has 2 rings (SSSR count). The van der Waals surface area contributed by atoms with Crippen LogP contribution in [0.4, 0.5) is 8.78 Å². The van der Waals surface area contributed by atoms with Gasteiger partial charge in [-0.15, -0.1) is 0 Å². The molecule has 0 aliphatic carbocycles. The summed E-state index contributed by atoms with van der Waals surface area (Å²) < 4.78 is 24.2. The molecule has 0 amide bonds. The van der Waals surface area contributed by atoms with E-state index in [0.29, 0.717) is 24.6 Å². The quantitative estimate of drug-likeness (QED) is 0.698. The maximum Gasteiger partial charge on any atom is 0.270 e. The molecule has 2 N–H and O–H groups in total. The molecule has 17 heavy (non-hydrogen) atoms. The van der Waals surface area contributed by atoms with Gasteiger partial charge in [-0.25, -0.2) is 0 Å². The van der Waals surface area contributed by atoms with E-state index in [-0.39, 0.29) is 5.92 Å². The van der Waals surface area contributed by atoms with Crippen LogP contribution in [0, 0.1) is 5.92 Å². The molecule has 1 atom stereocenters. The Morgan fingerprint density at radius 3 is 2.35 bits per heavy atom. The Labute approximate surface area is 101 Å². The van der Waals surface area contributed by atoms with Gasteiger partial charge < -0.3 is 10.2 Å². The van der Waals surface area contributed by atoms with Crippen molar-refractivity contribution < 1.29 is 19.0 Å². The second kappa shape index (κ2) is 6.42. The van der Waals surface area contributed by atoms with Gasteiger partial charge in [0.15, 0.2) is 6.29 Å². The highest BCUT2D eigenvalue weighted by atomic mass is 19.3. The molecule has 100 valence electrons. The minimum atomic E-state index is -1.44. The summed E-state index contributed by atoms with van der Waals surface area (Å²) in [6.45, 7) is 5.02. The van der Waals surface area contributed by atoms with Crippen molar-refractivity contribution in [2.45, 2.75) is 45.4 Å². The summed E-state index contributed by atoms with van der Waals surface area (Å²) in [5.41, 5.74) is 0.370. The molecule has 2 heterocycles. The molecule has 0 aromatic rings. The first-order valence-corrected chi connectivity index (χ1v) is 6.05. The van der Waals surface area contributed by atoms with Crippen LogP contribution in [0.1, 0.15) is 33.1 Å². The topological polar surface area (TPSA) is 43.7 Å².